The van der Waals surface area contributed by atoms with Gasteiger partial charge in [-0.1, -0.05) is 0 Å². The first-order valence-corrected chi connectivity index (χ1v) is 3.75. The molecule has 72 valence electrons. The van der Waals surface area contributed by atoms with E-state index in [1.54, 1.807) is 0 Å². The van der Waals surface area contributed by atoms with E-state index in [0.717, 1.165) is 19.2 Å². The molecule has 0 aromatic heterocycles. The monoisotopic (exact) mass is 194 g/mol. The molecule has 0 fully saturated rings. The number of rotatable bonds is 2. The zero-order chi connectivity index (χ0) is 10.6. The van der Waals surface area contributed by atoms with E-state index in [-0.39, 0.29) is 5.71 Å². The summed E-state index contributed by atoms with van der Waals surface area (Å²) in [5, 5.41) is 0. The molecule has 0 heterocycles. The number of ether oxygens (including phenoxy) is 1. The predicted octanol–water partition coefficient (Wildman–Crippen LogP) is 1.02. The van der Waals surface area contributed by atoms with Crippen LogP contribution in [0.5, 0.6) is 0 Å². The molecule has 0 spiro atoms. The molecule has 0 aliphatic carbocycles. The number of hydrogen-bond donors (Lipinski definition) is 0. The van der Waals surface area contributed by atoms with E-state index in [1.165, 1.54) is 12.1 Å². The maximum atomic E-state index is 12.5. The summed E-state index contributed by atoms with van der Waals surface area (Å²) in [6.07, 6.45) is 0. The minimum atomic E-state index is -0.779. The molecule has 0 bridgehead atoms. The molecule has 0 radical (unpaired) electrons. The summed E-state index contributed by atoms with van der Waals surface area (Å²) in [6, 6.07) is 4.95. The van der Waals surface area contributed by atoms with Crippen LogP contribution in [-0.4, -0.2) is 23.6 Å². The molecule has 0 atom stereocenters. The van der Waals surface area contributed by atoms with Gasteiger partial charge in [0.15, 0.2) is 0 Å². The van der Waals surface area contributed by atoms with Crippen LogP contribution in [0.3, 0.4) is 0 Å². The van der Waals surface area contributed by atoms with Gasteiger partial charge in [-0.25, -0.2) is 9.18 Å². The molecule has 1 aromatic rings. The second kappa shape index (κ2) is 4.30. The third kappa shape index (κ3) is 2.02. The van der Waals surface area contributed by atoms with Gasteiger partial charge in [-0.05, 0) is 24.3 Å². The van der Waals surface area contributed by atoms with Crippen molar-refractivity contribution in [2.75, 3.05) is 7.11 Å². The zero-order valence-corrected chi connectivity index (χ0v) is 7.40. The van der Waals surface area contributed by atoms with Crippen molar-refractivity contribution in [3.8, 4) is 0 Å². The fourth-order valence-corrected chi connectivity index (χ4v) is 0.921. The van der Waals surface area contributed by atoms with Crippen molar-refractivity contribution in [3.63, 3.8) is 0 Å². The molecule has 0 amide bonds. The topological polar surface area (TPSA) is 62.7 Å². The normalized spacial score (nSPS) is 9.00. The van der Waals surface area contributed by atoms with Gasteiger partial charge in [0.25, 0.3) is 0 Å². The summed E-state index contributed by atoms with van der Waals surface area (Å²) < 4.78 is 16.9. The van der Waals surface area contributed by atoms with Gasteiger partial charge in [0, 0.05) is 0 Å². The summed E-state index contributed by atoms with van der Waals surface area (Å²) in [5.74, 6) is -1.21. The number of esters is 1. The summed E-state index contributed by atoms with van der Waals surface area (Å²) in [6.45, 7) is 0. The van der Waals surface area contributed by atoms with Gasteiger partial charge in [0.05, 0.1) is 12.7 Å². The average molecular weight is 194 g/mol. The van der Waals surface area contributed by atoms with E-state index in [4.69, 9.17) is 5.53 Å². The van der Waals surface area contributed by atoms with Crippen molar-refractivity contribution in [1.82, 2.24) is 0 Å². The molecule has 0 saturated heterocycles. The molecule has 0 N–H and O–H groups in total. The maximum Gasteiger partial charge on any atom is 0.422 e. The Bertz CT molecular complexity index is 394. The zero-order valence-electron chi connectivity index (χ0n) is 7.40. The van der Waals surface area contributed by atoms with E-state index >= 15 is 0 Å². The van der Waals surface area contributed by atoms with Crippen LogP contribution in [0.2, 0.25) is 0 Å². The number of halogens is 1. The van der Waals surface area contributed by atoms with Gasteiger partial charge in [-0.3, -0.25) is 0 Å². The first-order chi connectivity index (χ1) is 6.69. The average Bonchev–Trinajstić information content (AvgIpc) is 2.21. The van der Waals surface area contributed by atoms with Crippen LogP contribution in [0.4, 0.5) is 4.39 Å². The highest BCUT2D eigenvalue weighted by Crippen LogP contribution is 2.03. The third-order valence-corrected chi connectivity index (χ3v) is 1.60. The van der Waals surface area contributed by atoms with Gasteiger partial charge in [0.2, 0.25) is 0 Å². The van der Waals surface area contributed by atoms with Crippen molar-refractivity contribution in [1.29, 1.82) is 0 Å². The Balaban J connectivity index is 3.09. The number of methoxy groups -OCH3 is 1. The van der Waals surface area contributed by atoms with Crippen LogP contribution in [0.15, 0.2) is 24.3 Å². The molecule has 0 aliphatic heterocycles. The van der Waals surface area contributed by atoms with Crippen LogP contribution in [-0.2, 0) is 9.53 Å². The fourth-order valence-electron chi connectivity index (χ4n) is 0.921. The standard InChI is InChI=1S/C9H7FN2O2/c1-14-9(13)8(12-11)6-2-4-7(10)5-3-6/h2-5H,1H3. The van der Waals surface area contributed by atoms with Gasteiger partial charge < -0.3 is 10.3 Å². The van der Waals surface area contributed by atoms with E-state index in [0.29, 0.717) is 5.56 Å². The molecule has 0 aliphatic rings. The molecule has 1 rings (SSSR count). The second-order valence-electron chi connectivity index (χ2n) is 2.45. The van der Waals surface area contributed by atoms with Crippen LogP contribution in [0, 0.1) is 5.82 Å². The van der Waals surface area contributed by atoms with Crippen molar-refractivity contribution in [3.05, 3.63) is 41.2 Å². The summed E-state index contributed by atoms with van der Waals surface area (Å²) in [4.78, 5) is 13.8. The molecule has 14 heavy (non-hydrogen) atoms. The van der Waals surface area contributed by atoms with Crippen LogP contribution >= 0.6 is 0 Å². The van der Waals surface area contributed by atoms with Crippen LogP contribution in [0.25, 0.3) is 5.53 Å². The van der Waals surface area contributed by atoms with E-state index < -0.39 is 11.8 Å². The van der Waals surface area contributed by atoms with Crippen molar-refractivity contribution >= 4 is 11.7 Å². The SMILES string of the molecule is COC(=O)C(=[N+]=[N-])c1ccc(F)cc1. The number of nitrogens with zero attached hydrogens (tertiary/aromatic N) is 2. The van der Waals surface area contributed by atoms with Gasteiger partial charge in [0.1, 0.15) is 5.82 Å². The van der Waals surface area contributed by atoms with Gasteiger partial charge >= 0.3 is 11.7 Å². The number of hydrogen-bond acceptors (Lipinski definition) is 2. The Morgan fingerprint density at radius 2 is 2.00 bits per heavy atom. The fraction of sp³-hybridized carbons (Fsp3) is 0.111. The highest BCUT2D eigenvalue weighted by atomic mass is 19.1. The Kier molecular flexibility index (Phi) is 3.09. The first kappa shape index (κ1) is 10.1. The largest absolute Gasteiger partial charge is 0.460 e. The smallest absolute Gasteiger partial charge is 0.422 e. The molecular formula is C9H7FN2O2. The lowest BCUT2D eigenvalue weighted by atomic mass is 10.1. The molecular weight excluding hydrogens is 187 g/mol. The predicted molar refractivity (Wildman–Crippen MR) is 46.1 cm³/mol. The number of carbonyl (C=O) groups excluding carboxylic acids is 1. The van der Waals surface area contributed by atoms with E-state index in [2.05, 4.69) is 9.53 Å². The minimum Gasteiger partial charge on any atom is -0.460 e. The Morgan fingerprint density at radius 1 is 1.43 bits per heavy atom. The summed E-state index contributed by atoms with van der Waals surface area (Å²) in [7, 11) is 1.16. The molecule has 1 aromatic carbocycles. The lowest BCUT2D eigenvalue weighted by molar-refractivity contribution is -0.137. The minimum absolute atomic E-state index is 0.257. The van der Waals surface area contributed by atoms with Crippen molar-refractivity contribution in [2.45, 2.75) is 0 Å². The molecule has 0 unspecified atom stereocenters. The van der Waals surface area contributed by atoms with Gasteiger partial charge in [-0.2, -0.15) is 4.79 Å². The third-order valence-electron chi connectivity index (χ3n) is 1.60. The Labute approximate surface area is 79.5 Å². The number of carbonyl (C=O) groups is 1. The quantitative estimate of drug-likeness (QED) is 0.305. The Hall–Kier alpha value is -2.00. The maximum absolute atomic E-state index is 12.5. The van der Waals surface area contributed by atoms with E-state index in [9.17, 15) is 9.18 Å². The molecule has 0 saturated carbocycles. The lowest BCUT2D eigenvalue weighted by Crippen LogP contribution is -2.18. The highest BCUT2D eigenvalue weighted by Gasteiger charge is 2.23. The van der Waals surface area contributed by atoms with Crippen LogP contribution in [0.1, 0.15) is 5.56 Å². The molecule has 5 heteroatoms. The second-order valence-corrected chi connectivity index (χ2v) is 2.45. The summed E-state index contributed by atoms with van der Waals surface area (Å²) >= 11 is 0. The first-order valence-electron chi connectivity index (χ1n) is 3.75. The van der Waals surface area contributed by atoms with Crippen LogP contribution < -0.4 is 0 Å². The van der Waals surface area contributed by atoms with Gasteiger partial charge in [-0.15, -0.1) is 0 Å². The highest BCUT2D eigenvalue weighted by molar-refractivity contribution is 6.40. The van der Waals surface area contributed by atoms with Crippen molar-refractivity contribution < 1.29 is 18.7 Å². The van der Waals surface area contributed by atoms with Crippen molar-refractivity contribution in [2.24, 2.45) is 0 Å². The number of benzene rings is 1. The molecule has 4 nitrogen and oxygen atoms in total. The summed E-state index contributed by atoms with van der Waals surface area (Å²) in [5.41, 5.74) is 8.58. The lowest BCUT2D eigenvalue weighted by Gasteiger charge is -1.94. The van der Waals surface area contributed by atoms with E-state index in [1.807, 2.05) is 0 Å². The Morgan fingerprint density at radius 3 is 2.43 bits per heavy atom.